The molecular weight excluding hydrogens is 256 g/mol. The van der Waals surface area contributed by atoms with E-state index in [1.54, 1.807) is 18.2 Å². The van der Waals surface area contributed by atoms with E-state index >= 15 is 0 Å². The maximum atomic E-state index is 11.2. The topological polar surface area (TPSA) is 64.7 Å². The van der Waals surface area contributed by atoms with E-state index in [4.69, 9.17) is 10.5 Å². The van der Waals surface area contributed by atoms with Gasteiger partial charge in [-0.15, -0.1) is 0 Å². The second-order valence-corrected chi connectivity index (χ2v) is 3.88. The lowest BCUT2D eigenvalue weighted by molar-refractivity contribution is -0.116. The molecule has 0 radical (unpaired) electrons. The molecule has 0 saturated carbocycles. The van der Waals surface area contributed by atoms with Gasteiger partial charge in [0.1, 0.15) is 17.9 Å². The summed E-state index contributed by atoms with van der Waals surface area (Å²) in [7, 11) is 0. The Morgan fingerprint density at radius 2 is 2.07 bits per heavy atom. The lowest BCUT2D eigenvalue weighted by Gasteiger charge is -2.08. The van der Waals surface area contributed by atoms with E-state index < -0.39 is 4.83 Å². The highest BCUT2D eigenvalue weighted by molar-refractivity contribution is 9.09. The summed E-state index contributed by atoms with van der Waals surface area (Å²) in [4.78, 5) is 10.6. The molecule has 1 rings (SSSR count). The molecule has 0 saturated heterocycles. The molecule has 0 aromatic heterocycles. The first-order chi connectivity index (χ1) is 7.11. The fourth-order valence-electron chi connectivity index (χ4n) is 1.22. The first-order valence-corrected chi connectivity index (χ1v) is 5.11. The van der Waals surface area contributed by atoms with E-state index in [1.807, 2.05) is 12.1 Å². The molecule has 1 aromatic rings. The van der Waals surface area contributed by atoms with Crippen molar-refractivity contribution in [1.82, 2.24) is 0 Å². The van der Waals surface area contributed by atoms with Crippen molar-refractivity contribution < 1.29 is 4.79 Å². The number of hydrogen-bond donors (Lipinski definition) is 0. The van der Waals surface area contributed by atoms with E-state index in [0.29, 0.717) is 11.1 Å². The molecular formula is C11H7BrN2O. The van der Waals surface area contributed by atoms with Gasteiger partial charge in [0.2, 0.25) is 0 Å². The molecule has 74 valence electrons. The monoisotopic (exact) mass is 262 g/mol. The van der Waals surface area contributed by atoms with Crippen molar-refractivity contribution in [2.24, 2.45) is 0 Å². The quantitative estimate of drug-likeness (QED) is 0.770. The number of Topliss-reactive ketones (excluding diaryl/α,β-unsaturated/α-hetero) is 1. The summed E-state index contributed by atoms with van der Waals surface area (Å²) in [6, 6.07) is 8.76. The van der Waals surface area contributed by atoms with Crippen LogP contribution in [0.5, 0.6) is 0 Å². The van der Waals surface area contributed by atoms with Crippen LogP contribution in [0.25, 0.3) is 0 Å². The minimum atomic E-state index is -0.527. The van der Waals surface area contributed by atoms with Crippen LogP contribution in [0.2, 0.25) is 0 Å². The second-order valence-electron chi connectivity index (χ2n) is 2.97. The maximum absolute atomic E-state index is 11.2. The number of hydrogen-bond acceptors (Lipinski definition) is 3. The van der Waals surface area contributed by atoms with Crippen LogP contribution in [0.3, 0.4) is 0 Å². The minimum Gasteiger partial charge on any atom is -0.298 e. The van der Waals surface area contributed by atoms with Gasteiger partial charge in [0, 0.05) is 0 Å². The third-order valence-corrected chi connectivity index (χ3v) is 3.10. The number of ketones is 1. The fourth-order valence-corrected chi connectivity index (χ4v) is 1.60. The van der Waals surface area contributed by atoms with Crippen molar-refractivity contribution in [3.05, 3.63) is 34.9 Å². The summed E-state index contributed by atoms with van der Waals surface area (Å²) in [6.07, 6.45) is 0. The van der Waals surface area contributed by atoms with Gasteiger partial charge in [-0.3, -0.25) is 4.79 Å². The average Bonchev–Trinajstić information content (AvgIpc) is 2.26. The van der Waals surface area contributed by atoms with Crippen molar-refractivity contribution >= 4 is 21.7 Å². The highest BCUT2D eigenvalue weighted by Crippen LogP contribution is 2.28. The summed E-state index contributed by atoms with van der Waals surface area (Å²) in [5.74, 6) is -0.0958. The summed E-state index contributed by atoms with van der Waals surface area (Å²) in [6.45, 7) is 1.43. The summed E-state index contributed by atoms with van der Waals surface area (Å²) >= 11 is 3.20. The van der Waals surface area contributed by atoms with Crippen LogP contribution in [0.1, 0.15) is 28.4 Å². The molecule has 1 unspecified atom stereocenters. The number of benzene rings is 1. The van der Waals surface area contributed by atoms with Crippen molar-refractivity contribution in [2.45, 2.75) is 11.8 Å². The molecule has 0 aliphatic heterocycles. The zero-order valence-corrected chi connectivity index (χ0v) is 9.58. The molecule has 0 amide bonds. The van der Waals surface area contributed by atoms with Gasteiger partial charge in [0.15, 0.2) is 0 Å². The molecule has 0 aliphatic carbocycles. The predicted octanol–water partition coefficient (Wildman–Crippen LogP) is 2.45. The van der Waals surface area contributed by atoms with Crippen LogP contribution in [0.15, 0.2) is 18.2 Å². The standard InChI is InChI=1S/C11H7BrN2O/c1-7(15)11(12)9-4-2-3-8(5-13)10(9)6-14/h2-4,11H,1H3. The third kappa shape index (κ3) is 2.23. The number of carbonyl (C=O) groups excluding carboxylic acids is 1. The number of nitrogens with zero attached hydrogens (tertiary/aromatic N) is 2. The summed E-state index contributed by atoms with van der Waals surface area (Å²) in [5.41, 5.74) is 1.10. The fraction of sp³-hybridized carbons (Fsp3) is 0.182. The molecule has 0 aliphatic rings. The van der Waals surface area contributed by atoms with E-state index in [2.05, 4.69) is 15.9 Å². The Balaban J connectivity index is 3.39. The second kappa shape index (κ2) is 4.72. The zero-order chi connectivity index (χ0) is 11.4. The van der Waals surface area contributed by atoms with Crippen molar-refractivity contribution in [1.29, 1.82) is 10.5 Å². The first-order valence-electron chi connectivity index (χ1n) is 4.19. The summed E-state index contributed by atoms with van der Waals surface area (Å²) in [5, 5.41) is 17.7. The average molecular weight is 263 g/mol. The molecule has 1 aromatic carbocycles. The van der Waals surface area contributed by atoms with Gasteiger partial charge in [-0.05, 0) is 18.6 Å². The number of nitriles is 2. The first kappa shape index (κ1) is 11.4. The smallest absolute Gasteiger partial charge is 0.147 e. The Morgan fingerprint density at radius 1 is 1.40 bits per heavy atom. The van der Waals surface area contributed by atoms with E-state index in [0.717, 1.165) is 0 Å². The molecule has 3 nitrogen and oxygen atoms in total. The molecule has 4 heteroatoms. The molecule has 15 heavy (non-hydrogen) atoms. The van der Waals surface area contributed by atoms with Crippen molar-refractivity contribution in [2.75, 3.05) is 0 Å². The molecule has 0 N–H and O–H groups in total. The lowest BCUT2D eigenvalue weighted by atomic mass is 9.99. The van der Waals surface area contributed by atoms with Gasteiger partial charge in [-0.25, -0.2) is 0 Å². The Hall–Kier alpha value is -1.65. The molecule has 1 atom stereocenters. The Labute approximate surface area is 96.1 Å². The van der Waals surface area contributed by atoms with Gasteiger partial charge in [-0.1, -0.05) is 28.1 Å². The van der Waals surface area contributed by atoms with Crippen LogP contribution in [0, 0.1) is 22.7 Å². The number of alkyl halides is 1. The highest BCUT2D eigenvalue weighted by atomic mass is 79.9. The van der Waals surface area contributed by atoms with Crippen LogP contribution in [-0.2, 0) is 4.79 Å². The van der Waals surface area contributed by atoms with Gasteiger partial charge < -0.3 is 0 Å². The van der Waals surface area contributed by atoms with Gasteiger partial charge in [0.05, 0.1) is 16.0 Å². The molecule has 0 fully saturated rings. The normalized spacial score (nSPS) is 11.2. The third-order valence-electron chi connectivity index (χ3n) is 1.96. The van der Waals surface area contributed by atoms with Crippen LogP contribution in [0.4, 0.5) is 0 Å². The molecule has 0 bridgehead atoms. The van der Waals surface area contributed by atoms with E-state index in [-0.39, 0.29) is 11.3 Å². The van der Waals surface area contributed by atoms with E-state index in [9.17, 15) is 4.79 Å². The van der Waals surface area contributed by atoms with Crippen LogP contribution < -0.4 is 0 Å². The maximum Gasteiger partial charge on any atom is 0.147 e. The Bertz CT molecular complexity index is 482. The number of carbonyl (C=O) groups is 1. The minimum absolute atomic E-state index is 0.0958. The lowest BCUT2D eigenvalue weighted by Crippen LogP contribution is -2.04. The van der Waals surface area contributed by atoms with Gasteiger partial charge in [0.25, 0.3) is 0 Å². The molecule has 0 spiro atoms. The SMILES string of the molecule is CC(=O)C(Br)c1cccc(C#N)c1C#N. The number of halogens is 1. The number of rotatable bonds is 2. The van der Waals surface area contributed by atoms with Crippen LogP contribution in [-0.4, -0.2) is 5.78 Å². The van der Waals surface area contributed by atoms with E-state index in [1.165, 1.54) is 6.92 Å². The summed E-state index contributed by atoms with van der Waals surface area (Å²) < 4.78 is 0. The van der Waals surface area contributed by atoms with Crippen LogP contribution >= 0.6 is 15.9 Å². The van der Waals surface area contributed by atoms with Gasteiger partial charge >= 0.3 is 0 Å². The van der Waals surface area contributed by atoms with Crippen molar-refractivity contribution in [3.8, 4) is 12.1 Å². The predicted molar refractivity (Wildman–Crippen MR) is 58.2 cm³/mol. The van der Waals surface area contributed by atoms with Crippen molar-refractivity contribution in [3.63, 3.8) is 0 Å². The zero-order valence-electron chi connectivity index (χ0n) is 7.99. The largest absolute Gasteiger partial charge is 0.298 e. The highest BCUT2D eigenvalue weighted by Gasteiger charge is 2.18. The molecule has 0 heterocycles. The Morgan fingerprint density at radius 3 is 2.53 bits per heavy atom. The Kier molecular flexibility index (Phi) is 3.60. The van der Waals surface area contributed by atoms with Gasteiger partial charge in [-0.2, -0.15) is 10.5 Å².